The van der Waals surface area contributed by atoms with Crippen molar-refractivity contribution in [2.24, 2.45) is 5.92 Å². The third-order valence-electron chi connectivity index (χ3n) is 3.67. The van der Waals surface area contributed by atoms with Gasteiger partial charge in [0.25, 0.3) is 0 Å². The summed E-state index contributed by atoms with van der Waals surface area (Å²) in [5.74, 6) is 2.01. The summed E-state index contributed by atoms with van der Waals surface area (Å²) in [6.45, 7) is 6.08. The van der Waals surface area contributed by atoms with Crippen LogP contribution in [0.2, 0.25) is 0 Å². The molecule has 0 aromatic heterocycles. The minimum Gasteiger partial charge on any atom is -0.341 e. The van der Waals surface area contributed by atoms with Gasteiger partial charge in [-0.3, -0.25) is 4.79 Å². The summed E-state index contributed by atoms with van der Waals surface area (Å²) in [4.78, 5) is 14.6. The largest absolute Gasteiger partial charge is 0.341 e. The summed E-state index contributed by atoms with van der Waals surface area (Å²) in [5.41, 5.74) is 1.29. The molecule has 0 saturated heterocycles. The summed E-state index contributed by atoms with van der Waals surface area (Å²) in [6.07, 6.45) is 3.66. The molecule has 0 aliphatic heterocycles. The molecule has 0 N–H and O–H groups in total. The van der Waals surface area contributed by atoms with E-state index < -0.39 is 0 Å². The van der Waals surface area contributed by atoms with Gasteiger partial charge in [-0.2, -0.15) is 0 Å². The molecular weight excluding hydrogens is 266 g/mol. The summed E-state index contributed by atoms with van der Waals surface area (Å²) in [5, 5.41) is 0.0560. The Hall–Kier alpha value is -0.960. The van der Waals surface area contributed by atoms with Crippen LogP contribution in [0.3, 0.4) is 0 Å². The van der Waals surface area contributed by atoms with Crippen LogP contribution in [0.5, 0.6) is 0 Å². The first-order valence-corrected chi connectivity index (χ1v) is 8.70. The summed E-state index contributed by atoms with van der Waals surface area (Å²) in [6, 6.07) is 10.4. The van der Waals surface area contributed by atoms with Crippen molar-refractivity contribution < 1.29 is 4.79 Å². The van der Waals surface area contributed by atoms with Crippen molar-refractivity contribution in [1.29, 1.82) is 0 Å². The molecule has 1 aliphatic carbocycles. The van der Waals surface area contributed by atoms with E-state index in [-0.39, 0.29) is 5.25 Å². The van der Waals surface area contributed by atoms with Crippen LogP contribution in [0.25, 0.3) is 0 Å². The fraction of sp³-hybridized carbons (Fsp3) is 0.588. The number of carbonyl (C=O) groups is 1. The van der Waals surface area contributed by atoms with E-state index in [1.54, 1.807) is 11.8 Å². The first-order valence-electron chi connectivity index (χ1n) is 7.65. The summed E-state index contributed by atoms with van der Waals surface area (Å²) < 4.78 is 0. The van der Waals surface area contributed by atoms with E-state index in [9.17, 15) is 4.79 Å². The first-order chi connectivity index (χ1) is 9.70. The predicted octanol–water partition coefficient (Wildman–Crippen LogP) is 3.96. The van der Waals surface area contributed by atoms with Crippen molar-refractivity contribution >= 4 is 17.7 Å². The number of nitrogens with zero attached hydrogens (tertiary/aromatic N) is 1. The van der Waals surface area contributed by atoms with Crippen LogP contribution in [-0.2, 0) is 10.5 Å². The first kappa shape index (κ1) is 15.4. The Labute approximate surface area is 126 Å². The van der Waals surface area contributed by atoms with Crippen LogP contribution in [-0.4, -0.2) is 29.1 Å². The molecule has 1 atom stereocenters. The highest BCUT2D eigenvalue weighted by Crippen LogP contribution is 2.30. The van der Waals surface area contributed by atoms with Gasteiger partial charge in [-0.25, -0.2) is 0 Å². The Morgan fingerprint density at radius 1 is 1.35 bits per heavy atom. The Balaban J connectivity index is 1.82. The molecule has 2 rings (SSSR count). The second kappa shape index (κ2) is 7.72. The highest BCUT2D eigenvalue weighted by molar-refractivity contribution is 7.99. The van der Waals surface area contributed by atoms with E-state index in [0.29, 0.717) is 5.91 Å². The highest BCUT2D eigenvalue weighted by Gasteiger charge is 2.28. The Morgan fingerprint density at radius 2 is 2.05 bits per heavy atom. The standard InChI is InChI=1S/C17H25NOS/c1-3-11-18(12-15-9-10-15)17(19)14(2)20-13-16-7-5-4-6-8-16/h4-8,14-15H,3,9-13H2,1-2H3. The molecule has 1 unspecified atom stereocenters. The van der Waals surface area contributed by atoms with Gasteiger partial charge in [0.1, 0.15) is 0 Å². The average molecular weight is 291 g/mol. The number of rotatable bonds is 8. The van der Waals surface area contributed by atoms with Gasteiger partial charge in [-0.1, -0.05) is 37.3 Å². The van der Waals surface area contributed by atoms with Crippen LogP contribution in [0.1, 0.15) is 38.7 Å². The number of carbonyl (C=O) groups excluding carboxylic acids is 1. The number of amides is 1. The Bertz CT molecular complexity index is 416. The maximum atomic E-state index is 12.5. The van der Waals surface area contributed by atoms with Crippen LogP contribution in [0.15, 0.2) is 30.3 Å². The van der Waals surface area contributed by atoms with Crippen LogP contribution >= 0.6 is 11.8 Å². The molecule has 1 saturated carbocycles. The second-order valence-corrected chi connectivity index (χ2v) is 7.00. The van der Waals surface area contributed by atoms with E-state index in [4.69, 9.17) is 0 Å². The van der Waals surface area contributed by atoms with Crippen molar-refractivity contribution in [3.05, 3.63) is 35.9 Å². The maximum absolute atomic E-state index is 12.5. The minimum atomic E-state index is 0.0560. The third-order valence-corrected chi connectivity index (χ3v) is 4.87. The molecule has 1 aliphatic rings. The molecule has 0 spiro atoms. The van der Waals surface area contributed by atoms with E-state index in [0.717, 1.165) is 31.2 Å². The molecule has 1 aromatic carbocycles. The fourth-order valence-electron chi connectivity index (χ4n) is 2.30. The fourth-order valence-corrected chi connectivity index (χ4v) is 3.22. The number of hydrogen-bond acceptors (Lipinski definition) is 2. The lowest BCUT2D eigenvalue weighted by Gasteiger charge is -2.25. The summed E-state index contributed by atoms with van der Waals surface area (Å²) in [7, 11) is 0. The predicted molar refractivity (Wildman–Crippen MR) is 86.8 cm³/mol. The van der Waals surface area contributed by atoms with Crippen LogP contribution < -0.4 is 0 Å². The highest BCUT2D eigenvalue weighted by atomic mass is 32.2. The molecule has 110 valence electrons. The second-order valence-electron chi connectivity index (χ2n) is 5.67. The lowest BCUT2D eigenvalue weighted by atomic mass is 10.2. The lowest BCUT2D eigenvalue weighted by Crippen LogP contribution is -2.38. The smallest absolute Gasteiger partial charge is 0.235 e. The number of hydrogen-bond donors (Lipinski definition) is 0. The van der Waals surface area contributed by atoms with Crippen molar-refractivity contribution in [3.8, 4) is 0 Å². The lowest BCUT2D eigenvalue weighted by molar-refractivity contribution is -0.130. The van der Waals surface area contributed by atoms with Crippen molar-refractivity contribution in [2.45, 2.75) is 44.1 Å². The van der Waals surface area contributed by atoms with Crippen LogP contribution in [0.4, 0.5) is 0 Å². The van der Waals surface area contributed by atoms with Gasteiger partial charge in [0.05, 0.1) is 5.25 Å². The van der Waals surface area contributed by atoms with E-state index in [2.05, 4.69) is 36.1 Å². The van der Waals surface area contributed by atoms with E-state index >= 15 is 0 Å². The van der Waals surface area contributed by atoms with E-state index in [1.165, 1.54) is 18.4 Å². The van der Waals surface area contributed by atoms with Gasteiger partial charge in [-0.05, 0) is 37.7 Å². The molecule has 20 heavy (non-hydrogen) atoms. The Morgan fingerprint density at radius 3 is 2.65 bits per heavy atom. The van der Waals surface area contributed by atoms with Crippen molar-refractivity contribution in [2.75, 3.05) is 13.1 Å². The normalized spacial score (nSPS) is 15.9. The van der Waals surface area contributed by atoms with Gasteiger partial charge in [0, 0.05) is 18.8 Å². The zero-order valence-corrected chi connectivity index (χ0v) is 13.4. The van der Waals surface area contributed by atoms with Gasteiger partial charge >= 0.3 is 0 Å². The van der Waals surface area contributed by atoms with Gasteiger partial charge in [0.2, 0.25) is 5.91 Å². The molecular formula is C17H25NOS. The number of benzene rings is 1. The number of thioether (sulfide) groups is 1. The topological polar surface area (TPSA) is 20.3 Å². The summed E-state index contributed by atoms with van der Waals surface area (Å²) >= 11 is 1.75. The van der Waals surface area contributed by atoms with E-state index in [1.807, 2.05) is 13.0 Å². The van der Waals surface area contributed by atoms with Gasteiger partial charge in [0.15, 0.2) is 0 Å². The Kier molecular flexibility index (Phi) is 5.96. The third kappa shape index (κ3) is 4.86. The molecule has 1 fully saturated rings. The average Bonchev–Trinajstić information content (AvgIpc) is 3.28. The van der Waals surface area contributed by atoms with Gasteiger partial charge < -0.3 is 4.90 Å². The molecule has 0 radical (unpaired) electrons. The minimum absolute atomic E-state index is 0.0560. The monoisotopic (exact) mass is 291 g/mol. The SMILES string of the molecule is CCCN(CC1CC1)C(=O)C(C)SCc1ccccc1. The molecule has 1 amide bonds. The van der Waals surface area contributed by atoms with Crippen molar-refractivity contribution in [3.63, 3.8) is 0 Å². The zero-order valence-electron chi connectivity index (χ0n) is 12.5. The molecule has 0 heterocycles. The molecule has 1 aromatic rings. The van der Waals surface area contributed by atoms with Crippen molar-refractivity contribution in [1.82, 2.24) is 4.90 Å². The van der Waals surface area contributed by atoms with Crippen LogP contribution in [0, 0.1) is 5.92 Å². The quantitative estimate of drug-likeness (QED) is 0.722. The molecule has 2 nitrogen and oxygen atoms in total. The zero-order chi connectivity index (χ0) is 14.4. The maximum Gasteiger partial charge on any atom is 0.235 e. The molecule has 0 bridgehead atoms. The van der Waals surface area contributed by atoms with Gasteiger partial charge in [-0.15, -0.1) is 11.8 Å². The molecule has 3 heteroatoms.